The Morgan fingerprint density at radius 1 is 0.643 bits per heavy atom. The first-order chi connectivity index (χ1) is 26.5. The lowest BCUT2D eigenvalue weighted by Crippen LogP contribution is -2.38. The summed E-state index contributed by atoms with van der Waals surface area (Å²) in [5, 5.41) is 31.6. The fraction of sp³-hybridized carbons (Fsp3) is 0.821. The number of nitrogens with two attached hydrogens (primary N) is 2. The summed E-state index contributed by atoms with van der Waals surface area (Å²) in [5.74, 6) is 0.554. The highest BCUT2D eigenvalue weighted by Crippen LogP contribution is 2.41. The fourth-order valence-corrected chi connectivity index (χ4v) is 10.8. The van der Waals surface area contributed by atoms with E-state index in [2.05, 4.69) is 5.32 Å². The molecule has 0 amide bonds. The van der Waals surface area contributed by atoms with Gasteiger partial charge >= 0.3 is 11.9 Å². The van der Waals surface area contributed by atoms with Gasteiger partial charge in [-0.3, -0.25) is 34.1 Å². The van der Waals surface area contributed by atoms with E-state index in [-0.39, 0.29) is 53.5 Å². The number of aliphatic hydroxyl groups excluding tert-OH is 1. The minimum atomic E-state index is -0.802. The number of ketones is 5. The summed E-state index contributed by atoms with van der Waals surface area (Å²) in [6, 6.07) is -0.416. The zero-order valence-electron chi connectivity index (χ0n) is 33.9. The summed E-state index contributed by atoms with van der Waals surface area (Å²) < 4.78 is 0. The molecule has 2 rings (SSSR count). The predicted octanol–water partition coefficient (Wildman–Crippen LogP) is 5.15. The van der Waals surface area contributed by atoms with Crippen LogP contribution in [0.2, 0.25) is 0 Å². The lowest BCUT2D eigenvalue weighted by molar-refractivity contribution is -0.135. The van der Waals surface area contributed by atoms with Gasteiger partial charge in [-0.1, -0.05) is 26.2 Å². The van der Waals surface area contributed by atoms with Gasteiger partial charge in [-0.25, -0.2) is 0 Å². The number of hydrogen-bond acceptors (Lipinski definition) is 15. The molecule has 8 N–H and O–H groups in total. The number of rotatable bonds is 31. The van der Waals surface area contributed by atoms with E-state index in [1.165, 1.54) is 37.4 Å². The van der Waals surface area contributed by atoms with E-state index >= 15 is 0 Å². The fourth-order valence-electron chi connectivity index (χ4n) is 5.55. The van der Waals surface area contributed by atoms with Gasteiger partial charge in [-0.05, 0) is 91.0 Å². The number of carboxylic acid groups (broad SMARTS) is 2. The molecule has 0 bridgehead atoms. The number of carboxylic acids is 2. The van der Waals surface area contributed by atoms with Crippen molar-refractivity contribution in [1.82, 2.24) is 5.32 Å². The predicted molar refractivity (Wildman–Crippen MR) is 232 cm³/mol. The maximum atomic E-state index is 12.1. The van der Waals surface area contributed by atoms with Gasteiger partial charge in [0.1, 0.15) is 35.1 Å². The maximum Gasteiger partial charge on any atom is 0.313 e. The standard InChI is InChI=1S/C21H37NO4S2.C10H20N2O2.C8H12O4S2/c1-4-17(21(26)22-12-15(2)23)8-6-5-7-9-18(25)14-28-20-11-10-19(20)27-13-16(3)24;1-8(13)5-6-10(14)9(12)4-2-3-7-11;9-7(10)3-13-5-1-2-6(5)14-4-8(11)12/h17,19-22,26H,4-14H2,1-3H3;9H,2-7,11-12H2,1H3;5-6H,1-4H2,(H,9,10)(H,11,12)/t17-,19?,20?,21?;9-;/m00./s1. The Hall–Kier alpha value is -1.47. The van der Waals surface area contributed by atoms with Crippen molar-refractivity contribution in [2.24, 2.45) is 17.4 Å². The molecule has 2 saturated carbocycles. The van der Waals surface area contributed by atoms with Crippen LogP contribution < -0.4 is 16.8 Å². The smallest absolute Gasteiger partial charge is 0.313 e. The third kappa shape index (κ3) is 28.9. The van der Waals surface area contributed by atoms with Gasteiger partial charge in [0, 0.05) is 40.3 Å². The van der Waals surface area contributed by atoms with E-state index in [1.54, 1.807) is 30.4 Å². The van der Waals surface area contributed by atoms with Crippen LogP contribution in [0.15, 0.2) is 0 Å². The van der Waals surface area contributed by atoms with Crippen LogP contribution in [0.5, 0.6) is 0 Å². The monoisotopic (exact) mass is 867 g/mol. The number of hydrogen-bond donors (Lipinski definition) is 6. The van der Waals surface area contributed by atoms with Crippen LogP contribution in [-0.2, 0) is 33.6 Å². The summed E-state index contributed by atoms with van der Waals surface area (Å²) in [7, 11) is 0. The Bertz CT molecular complexity index is 1170. The molecule has 2 aliphatic carbocycles. The molecule has 0 radical (unpaired) electrons. The van der Waals surface area contributed by atoms with Crippen molar-refractivity contribution < 1.29 is 48.9 Å². The minimum absolute atomic E-state index is 0.0165. The van der Waals surface area contributed by atoms with Crippen molar-refractivity contribution in [3.05, 3.63) is 0 Å². The van der Waals surface area contributed by atoms with Crippen LogP contribution in [-0.4, -0.2) is 126 Å². The number of aliphatic carboxylic acids is 2. The van der Waals surface area contributed by atoms with Gasteiger partial charge in [-0.2, -0.15) is 0 Å². The van der Waals surface area contributed by atoms with Crippen LogP contribution >= 0.6 is 47.0 Å². The lowest BCUT2D eigenvalue weighted by atomic mass is 9.96. The van der Waals surface area contributed by atoms with Crippen molar-refractivity contribution in [2.75, 3.05) is 36.1 Å². The molecule has 0 aromatic rings. The molecule has 56 heavy (non-hydrogen) atoms. The molecular weight excluding hydrogens is 799 g/mol. The Morgan fingerprint density at radius 2 is 1.14 bits per heavy atom. The Morgan fingerprint density at radius 3 is 1.57 bits per heavy atom. The Labute approximate surface area is 351 Å². The molecule has 0 heterocycles. The summed E-state index contributed by atoms with van der Waals surface area (Å²) >= 11 is 6.34. The first-order valence-electron chi connectivity index (χ1n) is 19.8. The third-order valence-electron chi connectivity index (χ3n) is 9.27. The molecule has 13 nitrogen and oxygen atoms in total. The maximum absolute atomic E-state index is 12.1. The van der Waals surface area contributed by atoms with Gasteiger partial charge in [-0.15, -0.1) is 47.0 Å². The zero-order chi connectivity index (χ0) is 42.5. The van der Waals surface area contributed by atoms with Crippen LogP contribution in [0, 0.1) is 5.92 Å². The van der Waals surface area contributed by atoms with E-state index in [1.807, 2.05) is 6.92 Å². The van der Waals surface area contributed by atoms with Gasteiger partial charge in [0.05, 0.1) is 35.6 Å². The molecule has 5 unspecified atom stereocenters. The second-order valence-corrected chi connectivity index (χ2v) is 19.3. The highest BCUT2D eigenvalue weighted by Gasteiger charge is 2.33. The average molecular weight is 868 g/mol. The minimum Gasteiger partial charge on any atom is -0.481 e. The van der Waals surface area contributed by atoms with Crippen LogP contribution in [0.1, 0.15) is 124 Å². The Kier molecular flexibility index (Phi) is 32.5. The zero-order valence-corrected chi connectivity index (χ0v) is 37.1. The molecule has 324 valence electrons. The number of thioether (sulfide) groups is 4. The summed E-state index contributed by atoms with van der Waals surface area (Å²) in [5.41, 5.74) is 11.0. The summed E-state index contributed by atoms with van der Waals surface area (Å²) in [6.45, 7) is 7.50. The largest absolute Gasteiger partial charge is 0.481 e. The van der Waals surface area contributed by atoms with Crippen LogP contribution in [0.4, 0.5) is 0 Å². The van der Waals surface area contributed by atoms with Crippen molar-refractivity contribution in [1.29, 1.82) is 0 Å². The van der Waals surface area contributed by atoms with E-state index in [4.69, 9.17) is 21.7 Å². The van der Waals surface area contributed by atoms with Gasteiger partial charge in [0.25, 0.3) is 0 Å². The summed E-state index contributed by atoms with van der Waals surface area (Å²) in [4.78, 5) is 76.7. The topological polar surface area (TPSA) is 244 Å². The molecule has 7 atom stereocenters. The summed E-state index contributed by atoms with van der Waals surface area (Å²) in [6.07, 6.45) is 12.0. The van der Waals surface area contributed by atoms with Gasteiger partial charge < -0.3 is 31.6 Å². The molecule has 0 aromatic carbocycles. The van der Waals surface area contributed by atoms with Crippen molar-refractivity contribution in [3.63, 3.8) is 0 Å². The number of Topliss-reactive ketones (excluding diaryl/α,β-unsaturated/α-hetero) is 5. The van der Waals surface area contributed by atoms with Crippen molar-refractivity contribution in [2.45, 2.75) is 157 Å². The first kappa shape index (κ1) is 54.5. The average Bonchev–Trinajstić information content (AvgIpc) is 3.10. The highest BCUT2D eigenvalue weighted by atomic mass is 32.2. The molecule has 0 spiro atoms. The van der Waals surface area contributed by atoms with Crippen molar-refractivity contribution in [3.8, 4) is 0 Å². The number of carbonyl (C=O) groups excluding carboxylic acids is 5. The molecular formula is C39H69N3O10S4. The quantitative estimate of drug-likeness (QED) is 0.0390. The number of nitrogens with one attached hydrogen (secondary N) is 1. The lowest BCUT2D eigenvalue weighted by Gasteiger charge is -2.35. The second kappa shape index (κ2) is 33.4. The normalized spacial score (nSPS) is 20.0. The van der Waals surface area contributed by atoms with E-state index < -0.39 is 24.2 Å². The first-order valence-corrected chi connectivity index (χ1v) is 24.0. The molecule has 0 aliphatic heterocycles. The SMILES string of the molecule is CC(=O)CCC(=O)[C@@H](N)CCCCN.CC[C@@H](CCCCCC(=O)CSC1CCC1SCC(C)=O)C(O)NCC(C)=O.O=C(O)CSC1CCC1SCC(=O)O. The van der Waals surface area contributed by atoms with E-state index in [0.29, 0.717) is 64.1 Å². The van der Waals surface area contributed by atoms with Gasteiger partial charge in [0.2, 0.25) is 0 Å². The Balaban J connectivity index is 0.000000904. The molecule has 0 saturated heterocycles. The second-order valence-electron chi connectivity index (χ2n) is 14.4. The highest BCUT2D eigenvalue weighted by molar-refractivity contribution is 8.05. The molecule has 17 heteroatoms. The number of aliphatic hydroxyl groups is 1. The molecule has 2 aliphatic rings. The molecule has 0 aromatic heterocycles. The van der Waals surface area contributed by atoms with Crippen LogP contribution in [0.25, 0.3) is 0 Å². The third-order valence-corrected chi connectivity index (χ3v) is 15.5. The molecule has 2 fully saturated rings. The van der Waals surface area contributed by atoms with E-state index in [0.717, 1.165) is 70.6 Å². The van der Waals surface area contributed by atoms with E-state index in [9.17, 15) is 38.7 Å². The van der Waals surface area contributed by atoms with Crippen LogP contribution in [0.3, 0.4) is 0 Å². The number of carbonyl (C=O) groups is 7. The van der Waals surface area contributed by atoms with Crippen molar-refractivity contribution >= 4 is 87.9 Å². The number of unbranched alkanes of at least 4 members (excludes halogenated alkanes) is 3. The van der Waals surface area contributed by atoms with Gasteiger partial charge in [0.15, 0.2) is 0 Å².